The summed E-state index contributed by atoms with van der Waals surface area (Å²) >= 11 is 0. The Balaban J connectivity index is 1.63. The Morgan fingerprint density at radius 1 is 1.09 bits per heavy atom. The SMILES string of the molecule is CCOC(=O)c1cc(S(=O)(=O)N(C)CC(=O)N2CCN(c3cc(C)ccc3C)CC2)cn1C. The van der Waals surface area contributed by atoms with Gasteiger partial charge in [-0.1, -0.05) is 12.1 Å². The van der Waals surface area contributed by atoms with Gasteiger partial charge in [-0.2, -0.15) is 4.31 Å². The molecular weight excluding hydrogens is 444 g/mol. The van der Waals surface area contributed by atoms with E-state index in [1.165, 1.54) is 40.7 Å². The van der Waals surface area contributed by atoms with Gasteiger partial charge in [0.05, 0.1) is 13.2 Å². The number of aryl methyl sites for hydroxylation is 3. The summed E-state index contributed by atoms with van der Waals surface area (Å²) in [6.45, 7) is 8.16. The standard InChI is InChI=1S/C23H32N4O5S/c1-6-32-23(29)21-14-19(15-24(21)4)33(30,31)25(5)16-22(28)27-11-9-26(10-12-27)20-13-17(2)7-8-18(20)3/h7-8,13-15H,6,9-12,16H2,1-5H3. The first-order valence-corrected chi connectivity index (χ1v) is 12.4. The first-order chi connectivity index (χ1) is 15.5. The summed E-state index contributed by atoms with van der Waals surface area (Å²) in [5.74, 6) is -0.842. The Kier molecular flexibility index (Phi) is 7.48. The minimum Gasteiger partial charge on any atom is -0.461 e. The molecule has 2 heterocycles. The molecule has 33 heavy (non-hydrogen) atoms. The Labute approximate surface area is 195 Å². The van der Waals surface area contributed by atoms with Gasteiger partial charge in [0, 0.05) is 52.2 Å². The molecule has 0 N–H and O–H groups in total. The molecule has 1 aliphatic rings. The van der Waals surface area contributed by atoms with Crippen LogP contribution in [0.2, 0.25) is 0 Å². The minimum atomic E-state index is -3.94. The smallest absolute Gasteiger partial charge is 0.354 e. The molecule has 10 heteroatoms. The first-order valence-electron chi connectivity index (χ1n) is 10.9. The van der Waals surface area contributed by atoms with Crippen LogP contribution in [0.25, 0.3) is 0 Å². The zero-order valence-corrected chi connectivity index (χ0v) is 20.7. The van der Waals surface area contributed by atoms with Crippen LogP contribution in [-0.4, -0.2) is 80.4 Å². The van der Waals surface area contributed by atoms with Gasteiger partial charge >= 0.3 is 5.97 Å². The van der Waals surface area contributed by atoms with Crippen LogP contribution in [0.5, 0.6) is 0 Å². The maximum atomic E-state index is 13.0. The maximum absolute atomic E-state index is 13.0. The van der Waals surface area contributed by atoms with E-state index < -0.39 is 16.0 Å². The van der Waals surface area contributed by atoms with Crippen molar-refractivity contribution in [3.63, 3.8) is 0 Å². The zero-order valence-electron chi connectivity index (χ0n) is 19.9. The van der Waals surface area contributed by atoms with Crippen molar-refractivity contribution in [3.8, 4) is 0 Å². The largest absolute Gasteiger partial charge is 0.461 e. The summed E-state index contributed by atoms with van der Waals surface area (Å²) < 4.78 is 33.4. The third kappa shape index (κ3) is 5.39. The van der Waals surface area contributed by atoms with Crippen LogP contribution in [0.1, 0.15) is 28.5 Å². The lowest BCUT2D eigenvalue weighted by Crippen LogP contribution is -2.51. The van der Waals surface area contributed by atoms with Gasteiger partial charge < -0.3 is 19.1 Å². The number of ether oxygens (including phenoxy) is 1. The molecule has 3 rings (SSSR count). The Bertz CT molecular complexity index is 1130. The van der Waals surface area contributed by atoms with Gasteiger partial charge in [0.15, 0.2) is 0 Å². The third-order valence-electron chi connectivity index (χ3n) is 5.87. The van der Waals surface area contributed by atoms with Gasteiger partial charge in [-0.15, -0.1) is 0 Å². The zero-order chi connectivity index (χ0) is 24.3. The fourth-order valence-corrected chi connectivity index (χ4v) is 5.09. The number of aromatic nitrogens is 1. The normalized spacial score (nSPS) is 14.6. The highest BCUT2D eigenvalue weighted by atomic mass is 32.2. The summed E-state index contributed by atoms with van der Waals surface area (Å²) in [4.78, 5) is 28.8. The number of piperazine rings is 1. The van der Waals surface area contributed by atoms with E-state index in [9.17, 15) is 18.0 Å². The van der Waals surface area contributed by atoms with Gasteiger partial charge in [-0.05, 0) is 44.0 Å². The molecule has 0 spiro atoms. The van der Waals surface area contributed by atoms with Crippen molar-refractivity contribution in [2.75, 3.05) is 51.3 Å². The second-order valence-electron chi connectivity index (χ2n) is 8.31. The number of carbonyl (C=O) groups is 2. The van der Waals surface area contributed by atoms with Crippen molar-refractivity contribution in [1.29, 1.82) is 0 Å². The molecule has 0 atom stereocenters. The number of sulfonamides is 1. The molecule has 1 aromatic carbocycles. The molecular formula is C23H32N4O5S. The topological polar surface area (TPSA) is 92.2 Å². The molecule has 1 saturated heterocycles. The van der Waals surface area contributed by atoms with Crippen molar-refractivity contribution in [2.45, 2.75) is 25.7 Å². The van der Waals surface area contributed by atoms with Crippen LogP contribution >= 0.6 is 0 Å². The van der Waals surface area contributed by atoms with Gasteiger partial charge in [0.2, 0.25) is 15.9 Å². The molecule has 0 saturated carbocycles. The van der Waals surface area contributed by atoms with E-state index in [-0.39, 0.29) is 29.6 Å². The quantitative estimate of drug-likeness (QED) is 0.566. The Hall–Kier alpha value is -2.85. The maximum Gasteiger partial charge on any atom is 0.354 e. The summed E-state index contributed by atoms with van der Waals surface area (Å²) in [5, 5.41) is 0. The van der Waals surface area contributed by atoms with Crippen molar-refractivity contribution in [1.82, 2.24) is 13.8 Å². The Morgan fingerprint density at radius 3 is 2.39 bits per heavy atom. The van der Waals surface area contributed by atoms with Gasteiger partial charge in [-0.25, -0.2) is 13.2 Å². The van der Waals surface area contributed by atoms with E-state index in [4.69, 9.17) is 4.74 Å². The Morgan fingerprint density at radius 2 is 1.76 bits per heavy atom. The number of benzene rings is 1. The van der Waals surface area contributed by atoms with E-state index in [1.807, 2.05) is 0 Å². The predicted octanol–water partition coefficient (Wildman–Crippen LogP) is 1.79. The van der Waals surface area contributed by atoms with Crippen LogP contribution in [0.15, 0.2) is 35.4 Å². The number of rotatable bonds is 7. The van der Waals surface area contributed by atoms with Gasteiger partial charge in [-0.3, -0.25) is 4.79 Å². The second-order valence-corrected chi connectivity index (χ2v) is 10.4. The predicted molar refractivity (Wildman–Crippen MR) is 126 cm³/mol. The number of nitrogens with zero attached hydrogens (tertiary/aromatic N) is 4. The van der Waals surface area contributed by atoms with E-state index in [0.29, 0.717) is 26.2 Å². The lowest BCUT2D eigenvalue weighted by molar-refractivity contribution is -0.131. The van der Waals surface area contributed by atoms with E-state index in [0.717, 1.165) is 4.31 Å². The highest BCUT2D eigenvalue weighted by Crippen LogP contribution is 2.23. The molecule has 1 fully saturated rings. The summed E-state index contributed by atoms with van der Waals surface area (Å²) in [5.41, 5.74) is 3.69. The van der Waals surface area contributed by atoms with Crippen molar-refractivity contribution in [3.05, 3.63) is 47.3 Å². The summed E-state index contributed by atoms with van der Waals surface area (Å²) in [7, 11) is -0.993. The van der Waals surface area contributed by atoms with E-state index in [1.54, 1.807) is 18.9 Å². The average Bonchev–Trinajstić information content (AvgIpc) is 3.18. The fraction of sp³-hybridized carbons (Fsp3) is 0.478. The van der Waals surface area contributed by atoms with Gasteiger partial charge in [0.25, 0.3) is 0 Å². The number of hydrogen-bond acceptors (Lipinski definition) is 6. The molecule has 1 aromatic heterocycles. The third-order valence-corrected chi connectivity index (χ3v) is 7.64. The van der Waals surface area contributed by atoms with Crippen molar-refractivity contribution in [2.24, 2.45) is 7.05 Å². The molecule has 0 aliphatic carbocycles. The number of hydrogen-bond donors (Lipinski definition) is 0. The van der Waals surface area contributed by atoms with Gasteiger partial charge in [0.1, 0.15) is 10.6 Å². The van der Waals surface area contributed by atoms with Crippen LogP contribution < -0.4 is 4.90 Å². The van der Waals surface area contributed by atoms with Crippen LogP contribution in [-0.2, 0) is 26.6 Å². The molecule has 1 amide bonds. The highest BCUT2D eigenvalue weighted by Gasteiger charge is 2.29. The number of amides is 1. The molecule has 2 aromatic rings. The lowest BCUT2D eigenvalue weighted by atomic mass is 10.1. The lowest BCUT2D eigenvalue weighted by Gasteiger charge is -2.37. The number of likely N-dealkylation sites (N-methyl/N-ethyl adjacent to an activating group) is 1. The van der Waals surface area contributed by atoms with Crippen molar-refractivity contribution < 1.29 is 22.7 Å². The average molecular weight is 477 g/mol. The molecule has 0 radical (unpaired) electrons. The van der Waals surface area contributed by atoms with Crippen LogP contribution in [0.4, 0.5) is 5.69 Å². The summed E-state index contributed by atoms with van der Waals surface area (Å²) in [6, 6.07) is 7.60. The highest BCUT2D eigenvalue weighted by molar-refractivity contribution is 7.89. The molecule has 0 unspecified atom stereocenters. The summed E-state index contributed by atoms with van der Waals surface area (Å²) in [6.07, 6.45) is 1.35. The number of carbonyl (C=O) groups excluding carboxylic acids is 2. The minimum absolute atomic E-state index is 0.0527. The molecule has 180 valence electrons. The first kappa shape index (κ1) is 24.8. The fourth-order valence-electron chi connectivity index (χ4n) is 3.90. The monoisotopic (exact) mass is 476 g/mol. The number of anilines is 1. The molecule has 9 nitrogen and oxygen atoms in total. The van der Waals surface area contributed by atoms with Crippen LogP contribution in [0.3, 0.4) is 0 Å². The van der Waals surface area contributed by atoms with E-state index >= 15 is 0 Å². The van der Waals surface area contributed by atoms with Crippen molar-refractivity contribution >= 4 is 27.6 Å². The van der Waals surface area contributed by atoms with E-state index in [2.05, 4.69) is 36.9 Å². The molecule has 1 aliphatic heterocycles. The number of esters is 1. The van der Waals surface area contributed by atoms with Crippen LogP contribution in [0, 0.1) is 13.8 Å². The second kappa shape index (κ2) is 9.96. The molecule has 0 bridgehead atoms.